The number of piperidine rings is 1. The average molecular weight is 346 g/mol. The fourth-order valence-corrected chi connectivity index (χ4v) is 4.15. The van der Waals surface area contributed by atoms with Crippen molar-refractivity contribution < 1.29 is 9.59 Å². The molecule has 1 saturated heterocycles. The summed E-state index contributed by atoms with van der Waals surface area (Å²) in [4.78, 5) is 30.1. The van der Waals surface area contributed by atoms with Crippen LogP contribution in [0.4, 0.5) is 0 Å². The Morgan fingerprint density at radius 3 is 2.62 bits per heavy atom. The largest absolute Gasteiger partial charge is 0.370 e. The minimum absolute atomic E-state index is 0.0587. The van der Waals surface area contributed by atoms with Crippen LogP contribution >= 0.6 is 11.3 Å². The van der Waals surface area contributed by atoms with E-state index in [1.54, 1.807) is 17.5 Å². The van der Waals surface area contributed by atoms with Gasteiger partial charge >= 0.3 is 0 Å². The molecule has 0 spiro atoms. The van der Waals surface area contributed by atoms with Crippen molar-refractivity contribution in [2.45, 2.75) is 33.1 Å². The highest BCUT2D eigenvalue weighted by molar-refractivity contribution is 7.12. The normalized spacial score (nSPS) is 15.7. The minimum Gasteiger partial charge on any atom is -0.370 e. The van der Waals surface area contributed by atoms with E-state index in [2.05, 4.69) is 4.98 Å². The molecule has 1 aliphatic rings. The predicted molar refractivity (Wildman–Crippen MR) is 93.4 cm³/mol. The number of carbonyl (C=O) groups excluding carboxylic acids is 2. The van der Waals surface area contributed by atoms with Crippen LogP contribution < -0.4 is 5.73 Å². The van der Waals surface area contributed by atoms with E-state index in [1.807, 2.05) is 34.8 Å². The third-order valence-electron chi connectivity index (χ3n) is 4.66. The molecule has 2 N–H and O–H groups in total. The number of amides is 2. The first-order chi connectivity index (χ1) is 11.5. The molecule has 0 bridgehead atoms. The number of hydrogen-bond acceptors (Lipinski definition) is 4. The summed E-state index contributed by atoms with van der Waals surface area (Å²) in [5.74, 6) is 0.101. The van der Waals surface area contributed by atoms with E-state index < -0.39 is 0 Å². The lowest BCUT2D eigenvalue weighted by molar-refractivity contribution is -0.119. The number of nitrogens with two attached hydrogens (primary N) is 1. The second-order valence-corrected chi connectivity index (χ2v) is 7.21. The van der Waals surface area contributed by atoms with Gasteiger partial charge in [-0.15, -0.1) is 11.3 Å². The van der Waals surface area contributed by atoms with Crippen LogP contribution in [0.3, 0.4) is 0 Å². The second-order valence-electron chi connectivity index (χ2n) is 6.34. The molecule has 24 heavy (non-hydrogen) atoms. The van der Waals surface area contributed by atoms with Crippen molar-refractivity contribution >= 4 is 23.2 Å². The van der Waals surface area contributed by atoms with Crippen LogP contribution in [-0.4, -0.2) is 39.4 Å². The summed E-state index contributed by atoms with van der Waals surface area (Å²) < 4.78 is 2.03. The summed E-state index contributed by atoms with van der Waals surface area (Å²) in [5.41, 5.74) is 7.93. The second kappa shape index (κ2) is 6.76. The highest BCUT2D eigenvalue weighted by atomic mass is 32.1. The van der Waals surface area contributed by atoms with Crippen LogP contribution in [0.1, 0.15) is 41.0 Å². The smallest absolute Gasteiger partial charge is 0.255 e. The van der Waals surface area contributed by atoms with Gasteiger partial charge in [0.25, 0.3) is 5.91 Å². The Balaban J connectivity index is 1.75. The molecular weight excluding hydrogens is 324 g/mol. The number of carbonyl (C=O) groups is 2. The van der Waals surface area contributed by atoms with E-state index in [0.29, 0.717) is 25.4 Å². The number of aryl methyl sites for hydroxylation is 1. The van der Waals surface area contributed by atoms with E-state index in [4.69, 9.17) is 5.73 Å². The molecule has 0 aliphatic carbocycles. The summed E-state index contributed by atoms with van der Waals surface area (Å²) in [5, 5.41) is 2.81. The third kappa shape index (κ3) is 3.21. The summed E-state index contributed by atoms with van der Waals surface area (Å²) in [6, 6.07) is 1.94. The average Bonchev–Trinajstić information content (AvgIpc) is 3.15. The number of rotatable bonds is 4. The maximum absolute atomic E-state index is 12.9. The van der Waals surface area contributed by atoms with Gasteiger partial charge in [0.05, 0.1) is 5.56 Å². The fraction of sp³-hybridized carbons (Fsp3) is 0.471. The zero-order chi connectivity index (χ0) is 17.3. The Hall–Kier alpha value is -2.15. The molecule has 128 valence electrons. The molecule has 0 aromatic carbocycles. The van der Waals surface area contributed by atoms with Gasteiger partial charge in [-0.25, -0.2) is 4.98 Å². The lowest BCUT2D eigenvalue weighted by Crippen LogP contribution is -2.39. The Morgan fingerprint density at radius 1 is 1.33 bits per heavy atom. The molecule has 7 heteroatoms. The Morgan fingerprint density at radius 2 is 2.04 bits per heavy atom. The maximum atomic E-state index is 12.9. The number of hydrogen-bond donors (Lipinski definition) is 1. The third-order valence-corrected chi connectivity index (χ3v) is 5.42. The van der Waals surface area contributed by atoms with Gasteiger partial charge in [0, 0.05) is 42.5 Å². The van der Waals surface area contributed by atoms with Gasteiger partial charge in [-0.1, -0.05) is 0 Å². The molecule has 2 aromatic heterocycles. The quantitative estimate of drug-likeness (QED) is 0.922. The molecule has 0 saturated carbocycles. The van der Waals surface area contributed by atoms with Crippen LogP contribution in [0.5, 0.6) is 0 Å². The first-order valence-corrected chi connectivity index (χ1v) is 9.01. The number of primary amides is 1. The number of aromatic nitrogens is 2. The van der Waals surface area contributed by atoms with Crippen LogP contribution in [0.2, 0.25) is 0 Å². The fourth-order valence-electron chi connectivity index (χ4n) is 3.40. The number of likely N-dealkylation sites (tertiary alicyclic amines) is 1. The number of nitrogens with zero attached hydrogens (tertiary/aromatic N) is 3. The molecule has 1 fully saturated rings. The van der Waals surface area contributed by atoms with Crippen molar-refractivity contribution in [1.82, 2.24) is 14.5 Å². The van der Waals surface area contributed by atoms with Gasteiger partial charge in [-0.3, -0.25) is 14.2 Å². The van der Waals surface area contributed by atoms with E-state index in [-0.39, 0.29) is 11.8 Å². The highest BCUT2D eigenvalue weighted by Crippen LogP contribution is 2.26. The first kappa shape index (κ1) is 16.7. The van der Waals surface area contributed by atoms with Crippen LogP contribution in [0.15, 0.2) is 17.6 Å². The van der Waals surface area contributed by atoms with E-state index >= 15 is 0 Å². The maximum Gasteiger partial charge on any atom is 0.255 e. The van der Waals surface area contributed by atoms with Crippen molar-refractivity contribution in [3.8, 4) is 5.13 Å². The minimum atomic E-state index is -0.258. The summed E-state index contributed by atoms with van der Waals surface area (Å²) in [6.07, 6.45) is 3.85. The molecule has 3 heterocycles. The van der Waals surface area contributed by atoms with E-state index in [1.165, 1.54) is 0 Å². The molecule has 2 aromatic rings. The zero-order valence-electron chi connectivity index (χ0n) is 14.0. The topological polar surface area (TPSA) is 81.2 Å². The molecule has 3 rings (SSSR count). The van der Waals surface area contributed by atoms with Gasteiger partial charge in [-0.2, -0.15) is 0 Å². The lowest BCUT2D eigenvalue weighted by atomic mass is 9.93. The molecule has 0 atom stereocenters. The molecular formula is C17H22N4O2S. The van der Waals surface area contributed by atoms with Crippen molar-refractivity contribution in [3.63, 3.8) is 0 Å². The van der Waals surface area contributed by atoms with Crippen molar-refractivity contribution in [1.29, 1.82) is 0 Å². The van der Waals surface area contributed by atoms with E-state index in [9.17, 15) is 9.59 Å². The monoisotopic (exact) mass is 346 g/mol. The number of thiazole rings is 1. The highest BCUT2D eigenvalue weighted by Gasteiger charge is 2.27. The summed E-state index contributed by atoms with van der Waals surface area (Å²) >= 11 is 1.55. The van der Waals surface area contributed by atoms with Crippen molar-refractivity contribution in [2.75, 3.05) is 13.1 Å². The Kier molecular flexibility index (Phi) is 4.71. The molecule has 6 nitrogen and oxygen atoms in total. The molecule has 1 aliphatic heterocycles. The molecule has 0 unspecified atom stereocenters. The van der Waals surface area contributed by atoms with Crippen LogP contribution in [-0.2, 0) is 4.79 Å². The molecule has 0 radical (unpaired) electrons. The van der Waals surface area contributed by atoms with Crippen LogP contribution in [0, 0.1) is 19.8 Å². The zero-order valence-corrected chi connectivity index (χ0v) is 14.8. The van der Waals surface area contributed by atoms with Gasteiger partial charge in [0.15, 0.2) is 5.13 Å². The standard InChI is InChI=1S/C17H22N4O2S/c1-11-9-14(12(2)21(11)17-19-5-8-24-17)16(23)20-6-3-13(4-7-20)10-15(18)22/h5,8-9,13H,3-4,6-7,10H2,1-2H3,(H2,18,22). The van der Waals surface area contributed by atoms with Gasteiger partial charge < -0.3 is 10.6 Å². The van der Waals surface area contributed by atoms with Crippen molar-refractivity contribution in [3.05, 3.63) is 34.6 Å². The molecule has 2 amide bonds. The summed E-state index contributed by atoms with van der Waals surface area (Å²) in [7, 11) is 0. The Bertz CT molecular complexity index is 743. The van der Waals surface area contributed by atoms with Gasteiger partial charge in [0.2, 0.25) is 5.91 Å². The van der Waals surface area contributed by atoms with Crippen molar-refractivity contribution in [2.24, 2.45) is 11.7 Å². The van der Waals surface area contributed by atoms with Crippen LogP contribution in [0.25, 0.3) is 5.13 Å². The predicted octanol–water partition coefficient (Wildman–Crippen LogP) is 2.28. The summed E-state index contributed by atoms with van der Waals surface area (Å²) in [6.45, 7) is 5.31. The van der Waals surface area contributed by atoms with Gasteiger partial charge in [0.1, 0.15) is 0 Å². The SMILES string of the molecule is Cc1cc(C(=O)N2CCC(CC(N)=O)CC2)c(C)n1-c1nccs1. The first-order valence-electron chi connectivity index (χ1n) is 8.13. The van der Waals surface area contributed by atoms with E-state index in [0.717, 1.165) is 34.9 Å². The lowest BCUT2D eigenvalue weighted by Gasteiger charge is -2.31. The van der Waals surface area contributed by atoms with Gasteiger partial charge in [-0.05, 0) is 38.7 Å². The Labute approximate surface area is 145 Å².